The van der Waals surface area contributed by atoms with E-state index in [-0.39, 0.29) is 18.7 Å². The third-order valence-electron chi connectivity index (χ3n) is 6.84. The molecule has 1 spiro atoms. The maximum atomic E-state index is 14.7. The van der Waals surface area contributed by atoms with Crippen molar-refractivity contribution in [3.8, 4) is 0 Å². The van der Waals surface area contributed by atoms with E-state index in [4.69, 9.17) is 4.74 Å². The zero-order valence-electron chi connectivity index (χ0n) is 20.9. The minimum absolute atomic E-state index is 0.0519. The maximum Gasteiger partial charge on any atom is 0.418 e. The largest absolute Gasteiger partial charge is 0.427 e. The third kappa shape index (κ3) is 4.78. The Labute approximate surface area is 222 Å². The van der Waals surface area contributed by atoms with Crippen LogP contribution < -0.4 is 15.5 Å². The zero-order valence-corrected chi connectivity index (χ0v) is 20.9. The van der Waals surface area contributed by atoms with Gasteiger partial charge in [0.05, 0.1) is 12.2 Å². The molecule has 5 amide bonds. The first kappa shape index (κ1) is 25.8. The lowest BCUT2D eigenvalue weighted by atomic mass is 9.94. The van der Waals surface area contributed by atoms with Gasteiger partial charge < -0.3 is 20.3 Å². The number of fused-ring (bicyclic) bond motifs is 2. The van der Waals surface area contributed by atoms with Crippen LogP contribution in [0.15, 0.2) is 66.7 Å². The van der Waals surface area contributed by atoms with Crippen molar-refractivity contribution in [1.29, 1.82) is 0 Å². The number of halogens is 2. The number of carbonyl (C=O) groups is 4. The molecule has 1 saturated heterocycles. The first-order valence-electron chi connectivity index (χ1n) is 12.2. The maximum absolute atomic E-state index is 14.7. The first-order chi connectivity index (χ1) is 18.7. The summed E-state index contributed by atoms with van der Waals surface area (Å²) in [5.74, 6) is -2.56. The Morgan fingerprint density at radius 1 is 1.05 bits per heavy atom. The summed E-state index contributed by atoms with van der Waals surface area (Å²) in [6, 6.07) is 15.5. The van der Waals surface area contributed by atoms with Crippen molar-refractivity contribution >= 4 is 35.3 Å². The Morgan fingerprint density at radius 3 is 2.51 bits per heavy atom. The Kier molecular flexibility index (Phi) is 6.73. The van der Waals surface area contributed by atoms with Gasteiger partial charge in [-0.1, -0.05) is 30.3 Å². The number of imide groups is 1. The number of ether oxygens (including phenoxy) is 1. The van der Waals surface area contributed by atoms with Gasteiger partial charge in [-0.05, 0) is 53.9 Å². The minimum atomic E-state index is -1.59. The van der Waals surface area contributed by atoms with Gasteiger partial charge >= 0.3 is 12.1 Å². The number of nitrogens with one attached hydrogen (secondary N) is 2. The number of amides is 5. The lowest BCUT2D eigenvalue weighted by Crippen LogP contribution is -2.44. The molecule has 11 heteroatoms. The molecule has 5 rings (SSSR count). The van der Waals surface area contributed by atoms with Crippen LogP contribution in [0.2, 0.25) is 0 Å². The fraction of sp³-hybridized carbons (Fsp3) is 0.214. The number of urea groups is 1. The smallest absolute Gasteiger partial charge is 0.418 e. The molecule has 1 fully saturated rings. The fourth-order valence-corrected chi connectivity index (χ4v) is 4.90. The number of hydrogen-bond donors (Lipinski definition) is 2. The Hall–Kier alpha value is -4.80. The van der Waals surface area contributed by atoms with Crippen LogP contribution in [0.4, 0.5) is 29.7 Å². The van der Waals surface area contributed by atoms with Gasteiger partial charge in [-0.25, -0.2) is 23.3 Å². The van der Waals surface area contributed by atoms with E-state index in [1.807, 2.05) is 0 Å². The second-order valence-corrected chi connectivity index (χ2v) is 9.22. The van der Waals surface area contributed by atoms with E-state index < -0.39 is 47.7 Å². The van der Waals surface area contributed by atoms with Crippen molar-refractivity contribution in [1.82, 2.24) is 10.2 Å². The van der Waals surface area contributed by atoms with Gasteiger partial charge in [-0.2, -0.15) is 0 Å². The van der Waals surface area contributed by atoms with Crippen molar-refractivity contribution in [2.45, 2.75) is 25.0 Å². The quantitative estimate of drug-likeness (QED) is 0.496. The number of anilines is 2. The Balaban J connectivity index is 1.40. The van der Waals surface area contributed by atoms with Crippen LogP contribution in [0.5, 0.6) is 0 Å². The number of rotatable bonds is 6. The molecule has 9 nitrogen and oxygen atoms in total. The molecule has 1 aliphatic carbocycles. The highest BCUT2D eigenvalue weighted by molar-refractivity contribution is 6.08. The fourth-order valence-electron chi connectivity index (χ4n) is 4.90. The van der Waals surface area contributed by atoms with Gasteiger partial charge in [0.2, 0.25) is 11.5 Å². The average molecular weight is 535 g/mol. The van der Waals surface area contributed by atoms with Crippen LogP contribution in [-0.2, 0) is 32.9 Å². The summed E-state index contributed by atoms with van der Waals surface area (Å²) in [6.45, 7) is -0.799. The second-order valence-electron chi connectivity index (χ2n) is 9.22. The number of carbonyl (C=O) groups excluding carboxylic acids is 4. The van der Waals surface area contributed by atoms with Gasteiger partial charge in [0, 0.05) is 24.7 Å². The molecule has 3 aromatic carbocycles. The molecule has 1 heterocycles. The SMILES string of the molecule is CNC(=O)Nc1ccc2c(c1)CC[C@@]21OC(=O)N(CC(=O)N(Cc2ccc(F)cc2)c2ccccc2F)C1=O. The summed E-state index contributed by atoms with van der Waals surface area (Å²) >= 11 is 0. The van der Waals surface area contributed by atoms with Gasteiger partial charge in [-0.15, -0.1) is 0 Å². The average Bonchev–Trinajstić information content (AvgIpc) is 3.40. The van der Waals surface area contributed by atoms with Crippen molar-refractivity contribution in [2.24, 2.45) is 0 Å². The third-order valence-corrected chi connectivity index (χ3v) is 6.84. The van der Waals surface area contributed by atoms with Crippen LogP contribution in [0.25, 0.3) is 0 Å². The summed E-state index contributed by atoms with van der Waals surface area (Å²) in [5.41, 5.74) is 0.598. The highest BCUT2D eigenvalue weighted by Gasteiger charge is 2.58. The highest BCUT2D eigenvalue weighted by atomic mass is 19.1. The van der Waals surface area contributed by atoms with Crippen molar-refractivity contribution in [3.05, 3.63) is 95.1 Å². The molecule has 2 N–H and O–H groups in total. The van der Waals surface area contributed by atoms with E-state index in [9.17, 15) is 28.0 Å². The summed E-state index contributed by atoms with van der Waals surface area (Å²) < 4.78 is 33.7. The molecule has 0 radical (unpaired) electrons. The molecule has 0 saturated carbocycles. The van der Waals surface area contributed by atoms with E-state index in [2.05, 4.69) is 10.6 Å². The Bertz CT molecular complexity index is 1480. The standard InChI is InChI=1S/C28H24F2N4O5/c1-31-26(37)32-20-10-11-21-18(14-20)12-13-28(21)25(36)34(27(38)39-28)16-24(35)33(23-5-3-2-4-22(23)30)15-17-6-8-19(29)9-7-17/h2-11,14H,12-13,15-16H2,1H3,(H2,31,32,37)/t28-/m1/s1. The van der Waals surface area contributed by atoms with Crippen LogP contribution in [0.3, 0.4) is 0 Å². The summed E-state index contributed by atoms with van der Waals surface area (Å²) in [4.78, 5) is 53.4. The van der Waals surface area contributed by atoms with Crippen LogP contribution >= 0.6 is 0 Å². The molecule has 0 unspecified atom stereocenters. The summed E-state index contributed by atoms with van der Waals surface area (Å²) in [7, 11) is 1.48. The second kappa shape index (κ2) is 10.2. The van der Waals surface area contributed by atoms with Crippen LogP contribution in [0.1, 0.15) is 23.1 Å². The van der Waals surface area contributed by atoms with Gasteiger partial charge in [-0.3, -0.25) is 9.59 Å². The number of para-hydroxylation sites is 1. The minimum Gasteiger partial charge on any atom is -0.427 e. The van der Waals surface area contributed by atoms with E-state index in [1.165, 1.54) is 49.5 Å². The zero-order chi connectivity index (χ0) is 27.7. The van der Waals surface area contributed by atoms with Gasteiger partial charge in [0.1, 0.15) is 18.2 Å². The van der Waals surface area contributed by atoms with Crippen LogP contribution in [0, 0.1) is 11.6 Å². The number of hydrogen-bond acceptors (Lipinski definition) is 5. The number of benzene rings is 3. The molecule has 2 aliphatic rings. The van der Waals surface area contributed by atoms with Gasteiger partial charge in [0.25, 0.3) is 5.91 Å². The number of aryl methyl sites for hydroxylation is 1. The van der Waals surface area contributed by atoms with E-state index in [1.54, 1.807) is 24.3 Å². The molecule has 200 valence electrons. The molecule has 1 atom stereocenters. The summed E-state index contributed by atoms with van der Waals surface area (Å²) in [6.07, 6.45) is -0.400. The predicted molar refractivity (Wildman–Crippen MR) is 137 cm³/mol. The predicted octanol–water partition coefficient (Wildman–Crippen LogP) is 4.07. The van der Waals surface area contributed by atoms with Crippen molar-refractivity contribution < 1.29 is 32.7 Å². The topological polar surface area (TPSA) is 108 Å². The Morgan fingerprint density at radius 2 is 1.79 bits per heavy atom. The van der Waals surface area contributed by atoms with E-state index in [0.29, 0.717) is 23.2 Å². The van der Waals surface area contributed by atoms with Crippen molar-refractivity contribution in [3.63, 3.8) is 0 Å². The molecule has 1 aliphatic heterocycles. The lowest BCUT2D eigenvalue weighted by molar-refractivity contribution is -0.139. The number of nitrogens with zero attached hydrogens (tertiary/aromatic N) is 2. The molecule has 39 heavy (non-hydrogen) atoms. The molecule has 3 aromatic rings. The first-order valence-corrected chi connectivity index (χ1v) is 12.2. The van der Waals surface area contributed by atoms with E-state index >= 15 is 0 Å². The monoisotopic (exact) mass is 534 g/mol. The molecule has 0 aromatic heterocycles. The molecule has 0 bridgehead atoms. The molecular weight excluding hydrogens is 510 g/mol. The van der Waals surface area contributed by atoms with Crippen LogP contribution in [-0.4, -0.2) is 42.4 Å². The van der Waals surface area contributed by atoms with Gasteiger partial charge in [0.15, 0.2) is 0 Å². The lowest BCUT2D eigenvalue weighted by Gasteiger charge is -2.25. The normalized spacial score (nSPS) is 17.7. The van der Waals surface area contributed by atoms with E-state index in [0.717, 1.165) is 15.4 Å². The summed E-state index contributed by atoms with van der Waals surface area (Å²) in [5, 5.41) is 5.11. The van der Waals surface area contributed by atoms with Crippen molar-refractivity contribution in [2.75, 3.05) is 23.8 Å². The highest BCUT2D eigenvalue weighted by Crippen LogP contribution is 2.46. The molecular formula is C28H24F2N4O5.